The van der Waals surface area contributed by atoms with E-state index in [0.29, 0.717) is 48.1 Å². The number of rotatable bonds is 5. The van der Waals surface area contributed by atoms with Crippen molar-refractivity contribution in [3.8, 4) is 0 Å². The Labute approximate surface area is 183 Å². The number of thiazole rings is 1. The third kappa shape index (κ3) is 4.17. The Morgan fingerprint density at radius 3 is 2.80 bits per heavy atom. The van der Waals surface area contributed by atoms with Crippen LogP contribution in [0.3, 0.4) is 0 Å². The van der Waals surface area contributed by atoms with Gasteiger partial charge in [-0.1, -0.05) is 11.6 Å². The number of nitrogens with one attached hydrogen (secondary N) is 1. The topological polar surface area (TPSA) is 109 Å². The molecule has 4 rings (SSSR count). The third-order valence-corrected chi connectivity index (χ3v) is 8.35. The van der Waals surface area contributed by atoms with E-state index in [1.807, 2.05) is 0 Å². The molecule has 0 radical (unpaired) electrons. The van der Waals surface area contributed by atoms with Crippen LogP contribution in [0.4, 0.5) is 0 Å². The molecule has 0 aliphatic carbocycles. The molecule has 2 atom stereocenters. The van der Waals surface area contributed by atoms with Crippen LogP contribution in [0.1, 0.15) is 13.3 Å². The number of morpholine rings is 1. The molecule has 0 bridgehead atoms. The quantitative estimate of drug-likeness (QED) is 0.697. The second-order valence-corrected chi connectivity index (χ2v) is 10.6. The predicted octanol–water partition coefficient (Wildman–Crippen LogP) is 1.08. The molecule has 2 aliphatic rings. The van der Waals surface area contributed by atoms with Gasteiger partial charge in [0, 0.05) is 24.7 Å². The molecule has 2 fully saturated rings. The minimum atomic E-state index is -3.99. The monoisotopic (exact) mass is 472 g/mol. The number of likely N-dealkylation sites (tertiary alicyclic amines) is 1. The second kappa shape index (κ2) is 8.39. The lowest BCUT2D eigenvalue weighted by Crippen LogP contribution is -2.52. The van der Waals surface area contributed by atoms with Crippen molar-refractivity contribution in [2.45, 2.75) is 29.8 Å². The summed E-state index contributed by atoms with van der Waals surface area (Å²) in [6, 6.07) is 3.35. The van der Waals surface area contributed by atoms with Gasteiger partial charge in [0.2, 0.25) is 16.2 Å². The zero-order valence-electron chi connectivity index (χ0n) is 16.2. The highest BCUT2D eigenvalue weighted by atomic mass is 35.5. The molecule has 162 valence electrons. The van der Waals surface area contributed by atoms with Crippen LogP contribution in [0.5, 0.6) is 0 Å². The smallest absolute Gasteiger partial charge is 0.268 e. The van der Waals surface area contributed by atoms with E-state index in [4.69, 9.17) is 16.3 Å². The first kappa shape index (κ1) is 21.4. The molecule has 30 heavy (non-hydrogen) atoms. The number of amides is 2. The van der Waals surface area contributed by atoms with Gasteiger partial charge in [-0.15, -0.1) is 11.3 Å². The van der Waals surface area contributed by atoms with Crippen LogP contribution in [0, 0.1) is 0 Å². The molecule has 1 N–H and O–H groups in total. The van der Waals surface area contributed by atoms with Crippen LogP contribution in [-0.2, 0) is 24.3 Å². The first-order chi connectivity index (χ1) is 14.3. The summed E-state index contributed by atoms with van der Waals surface area (Å²) in [6.07, 6.45) is 0.287. The minimum absolute atomic E-state index is 0.122. The first-order valence-electron chi connectivity index (χ1n) is 9.52. The van der Waals surface area contributed by atoms with Gasteiger partial charge in [-0.25, -0.2) is 13.4 Å². The van der Waals surface area contributed by atoms with Crippen LogP contribution in [0.25, 0.3) is 10.2 Å². The number of hydrogen-bond acceptors (Lipinski definition) is 7. The van der Waals surface area contributed by atoms with Crippen LogP contribution < -0.4 is 4.72 Å². The van der Waals surface area contributed by atoms with E-state index in [0.717, 1.165) is 11.3 Å². The highest BCUT2D eigenvalue weighted by Gasteiger charge is 2.40. The molecule has 12 heteroatoms. The summed E-state index contributed by atoms with van der Waals surface area (Å²) in [5.74, 6) is -0.560. The first-order valence-corrected chi connectivity index (χ1v) is 12.2. The van der Waals surface area contributed by atoms with Gasteiger partial charge >= 0.3 is 0 Å². The summed E-state index contributed by atoms with van der Waals surface area (Å²) in [5.41, 5.74) is 0.522. The largest absolute Gasteiger partial charge is 0.378 e. The summed E-state index contributed by atoms with van der Waals surface area (Å²) >= 11 is 6.94. The lowest BCUT2D eigenvalue weighted by molar-refractivity contribution is -0.146. The van der Waals surface area contributed by atoms with Gasteiger partial charge < -0.3 is 14.5 Å². The molecule has 2 aromatic rings. The zero-order chi connectivity index (χ0) is 21.5. The van der Waals surface area contributed by atoms with E-state index in [2.05, 4.69) is 9.71 Å². The maximum Gasteiger partial charge on any atom is 0.268 e. The van der Waals surface area contributed by atoms with E-state index in [1.54, 1.807) is 30.0 Å². The number of aromatic nitrogens is 1. The molecule has 2 amide bonds. The van der Waals surface area contributed by atoms with Crippen LogP contribution in [-0.4, -0.2) is 79.9 Å². The number of halogens is 1. The van der Waals surface area contributed by atoms with Gasteiger partial charge in [-0.05, 0) is 31.5 Å². The van der Waals surface area contributed by atoms with Crippen molar-refractivity contribution in [2.24, 2.45) is 0 Å². The average molecular weight is 473 g/mol. The van der Waals surface area contributed by atoms with Gasteiger partial charge in [-0.3, -0.25) is 9.59 Å². The minimum Gasteiger partial charge on any atom is -0.378 e. The lowest BCUT2D eigenvalue weighted by atomic mass is 10.2. The van der Waals surface area contributed by atoms with Crippen LogP contribution in [0.15, 0.2) is 22.5 Å². The molecule has 1 aromatic carbocycles. The number of fused-ring (bicyclic) bond motifs is 1. The fourth-order valence-electron chi connectivity index (χ4n) is 3.61. The third-order valence-electron chi connectivity index (χ3n) is 5.25. The van der Waals surface area contributed by atoms with Crippen molar-refractivity contribution in [3.63, 3.8) is 0 Å². The molecular formula is C18H21ClN4O5S2. The molecule has 2 saturated heterocycles. The number of nitrogens with zero attached hydrogens (tertiary/aromatic N) is 3. The maximum atomic E-state index is 12.8. The Kier molecular flexibility index (Phi) is 5.99. The lowest BCUT2D eigenvalue weighted by Gasteiger charge is -2.32. The van der Waals surface area contributed by atoms with Crippen molar-refractivity contribution in [2.75, 3.05) is 32.8 Å². The van der Waals surface area contributed by atoms with Crippen molar-refractivity contribution >= 4 is 55.0 Å². The summed E-state index contributed by atoms with van der Waals surface area (Å²) in [5, 5.41) is 0.489. The molecule has 1 aromatic heterocycles. The number of sulfonamides is 1. The summed E-state index contributed by atoms with van der Waals surface area (Å²) in [7, 11) is -3.99. The number of carbonyl (C=O) groups is 2. The fraction of sp³-hybridized carbons (Fsp3) is 0.500. The maximum absolute atomic E-state index is 12.8. The van der Waals surface area contributed by atoms with Gasteiger partial charge in [0.25, 0.3) is 10.0 Å². The Morgan fingerprint density at radius 1 is 1.33 bits per heavy atom. The Hall–Kier alpha value is -1.79. The average Bonchev–Trinajstić information content (AvgIpc) is 3.31. The van der Waals surface area contributed by atoms with Crippen molar-refractivity contribution in [1.29, 1.82) is 0 Å². The summed E-state index contributed by atoms with van der Waals surface area (Å²) < 4.78 is 33.8. The molecule has 2 aliphatic heterocycles. The van der Waals surface area contributed by atoms with Crippen molar-refractivity contribution in [1.82, 2.24) is 19.5 Å². The number of hydrogen-bond donors (Lipinski definition) is 1. The standard InChI is InChI=1S/C18H21ClN4O5S2/c1-11(16(24)22-6-8-28-9-7-22)23-5-4-14(17(23)25)21-30(26,27)18-20-13-3-2-12(19)10-15(13)29-18/h2-3,10-11,14,21H,4-9H2,1H3/t11-,14-/m0/s1. The van der Waals surface area contributed by atoms with Gasteiger partial charge in [-0.2, -0.15) is 4.72 Å². The Bertz CT molecular complexity index is 1080. The van der Waals surface area contributed by atoms with E-state index in [1.165, 1.54) is 4.90 Å². The van der Waals surface area contributed by atoms with Crippen LogP contribution >= 0.6 is 22.9 Å². The van der Waals surface area contributed by atoms with Crippen molar-refractivity contribution < 1.29 is 22.7 Å². The predicted molar refractivity (Wildman–Crippen MR) is 112 cm³/mol. The Morgan fingerprint density at radius 2 is 2.07 bits per heavy atom. The van der Waals surface area contributed by atoms with E-state index in [-0.39, 0.29) is 16.7 Å². The van der Waals surface area contributed by atoms with E-state index < -0.39 is 28.0 Å². The van der Waals surface area contributed by atoms with E-state index in [9.17, 15) is 18.0 Å². The molecule has 3 heterocycles. The summed E-state index contributed by atoms with van der Waals surface area (Å²) in [4.78, 5) is 32.8. The molecule has 9 nitrogen and oxygen atoms in total. The zero-order valence-corrected chi connectivity index (χ0v) is 18.6. The fourth-order valence-corrected chi connectivity index (χ4v) is 6.35. The summed E-state index contributed by atoms with van der Waals surface area (Å²) in [6.45, 7) is 3.90. The Balaban J connectivity index is 1.45. The molecule has 0 unspecified atom stereocenters. The van der Waals surface area contributed by atoms with Crippen LogP contribution in [0.2, 0.25) is 5.02 Å². The normalized spacial score (nSPS) is 21.4. The van der Waals surface area contributed by atoms with Gasteiger partial charge in [0.05, 0.1) is 23.4 Å². The van der Waals surface area contributed by atoms with E-state index >= 15 is 0 Å². The highest BCUT2D eigenvalue weighted by molar-refractivity contribution is 7.91. The number of ether oxygens (including phenoxy) is 1. The molecular weight excluding hydrogens is 452 g/mol. The van der Waals surface area contributed by atoms with Gasteiger partial charge in [0.15, 0.2) is 0 Å². The number of benzene rings is 1. The highest BCUT2D eigenvalue weighted by Crippen LogP contribution is 2.28. The molecule has 0 spiro atoms. The SMILES string of the molecule is C[C@@H](C(=O)N1CCOCC1)N1CC[C@H](NS(=O)(=O)c2nc3ccc(Cl)cc3s2)C1=O. The van der Waals surface area contributed by atoms with Crippen molar-refractivity contribution in [3.05, 3.63) is 23.2 Å². The van der Waals surface area contributed by atoms with Gasteiger partial charge in [0.1, 0.15) is 12.1 Å². The molecule has 0 saturated carbocycles. The number of carbonyl (C=O) groups excluding carboxylic acids is 2. The second-order valence-electron chi connectivity index (χ2n) is 7.20.